The first-order valence-corrected chi connectivity index (χ1v) is 13.5. The fourth-order valence-corrected chi connectivity index (χ4v) is 5.04. The van der Waals surface area contributed by atoms with Gasteiger partial charge in [-0.05, 0) is 61.5 Å². The van der Waals surface area contributed by atoms with E-state index in [9.17, 15) is 4.79 Å². The molecule has 1 aliphatic heterocycles. The van der Waals surface area contributed by atoms with Gasteiger partial charge in [-0.15, -0.1) is 0 Å². The van der Waals surface area contributed by atoms with Crippen molar-refractivity contribution in [3.05, 3.63) is 95.3 Å². The van der Waals surface area contributed by atoms with Crippen LogP contribution in [0.25, 0.3) is 28.1 Å². The Bertz CT molecular complexity index is 1600. The van der Waals surface area contributed by atoms with Gasteiger partial charge in [0.25, 0.3) is 5.91 Å². The number of anilines is 1. The summed E-state index contributed by atoms with van der Waals surface area (Å²) in [5.74, 6) is 0.512. The van der Waals surface area contributed by atoms with E-state index in [-0.39, 0.29) is 5.91 Å². The zero-order chi connectivity index (χ0) is 26.8. The van der Waals surface area contributed by atoms with Gasteiger partial charge in [0.1, 0.15) is 5.82 Å². The van der Waals surface area contributed by atoms with Gasteiger partial charge in [0, 0.05) is 50.2 Å². The second kappa shape index (κ2) is 11.0. The molecule has 0 bridgehead atoms. The van der Waals surface area contributed by atoms with E-state index in [1.807, 2.05) is 54.7 Å². The Morgan fingerprint density at radius 1 is 1.03 bits per heavy atom. The molecule has 198 valence electrons. The molecule has 1 fully saturated rings. The molecule has 0 atom stereocenters. The number of hydrogen-bond donors (Lipinski definition) is 2. The van der Waals surface area contributed by atoms with Crippen molar-refractivity contribution in [2.45, 2.75) is 6.42 Å². The number of H-pyrrole nitrogens is 1. The molecular formula is C30H30ClN7O. The highest BCUT2D eigenvalue weighted by Gasteiger charge is 2.14. The molecule has 0 radical (unpaired) electrons. The lowest BCUT2D eigenvalue weighted by atomic mass is 10.1. The largest absolute Gasteiger partial charge is 0.338 e. The van der Waals surface area contributed by atoms with Crippen LogP contribution in [-0.2, 0) is 6.42 Å². The van der Waals surface area contributed by atoms with Crippen molar-refractivity contribution in [2.75, 3.05) is 45.1 Å². The normalized spacial score (nSPS) is 14.6. The second-order valence-electron chi connectivity index (χ2n) is 9.99. The third-order valence-electron chi connectivity index (χ3n) is 7.22. The van der Waals surface area contributed by atoms with Crippen molar-refractivity contribution in [3.63, 3.8) is 0 Å². The van der Waals surface area contributed by atoms with Gasteiger partial charge in [-0.3, -0.25) is 4.79 Å². The van der Waals surface area contributed by atoms with Gasteiger partial charge in [-0.25, -0.2) is 9.67 Å². The zero-order valence-corrected chi connectivity index (χ0v) is 22.5. The van der Waals surface area contributed by atoms with Gasteiger partial charge >= 0.3 is 0 Å². The van der Waals surface area contributed by atoms with Gasteiger partial charge in [0.15, 0.2) is 0 Å². The molecule has 2 aromatic heterocycles. The Labute approximate surface area is 232 Å². The van der Waals surface area contributed by atoms with Crippen molar-refractivity contribution >= 4 is 34.2 Å². The first kappa shape index (κ1) is 25.3. The van der Waals surface area contributed by atoms with Gasteiger partial charge in [0.05, 0.1) is 33.5 Å². The number of likely N-dealkylation sites (N-methyl/N-ethyl adjacent to an activating group) is 1. The average molecular weight is 540 g/mol. The van der Waals surface area contributed by atoms with E-state index in [0.717, 1.165) is 67.1 Å². The molecule has 5 aromatic rings. The number of carbonyl (C=O) groups is 1. The summed E-state index contributed by atoms with van der Waals surface area (Å²) < 4.78 is 1.72. The third kappa shape index (κ3) is 5.73. The number of nitrogens with zero attached hydrogens (tertiary/aromatic N) is 5. The summed E-state index contributed by atoms with van der Waals surface area (Å²) in [6.07, 6.45) is 4.62. The molecule has 9 heteroatoms. The van der Waals surface area contributed by atoms with Crippen molar-refractivity contribution in [3.8, 4) is 17.1 Å². The predicted molar refractivity (Wildman–Crippen MR) is 156 cm³/mol. The number of piperazine rings is 1. The molecule has 0 saturated carbocycles. The number of para-hydroxylation sites is 1. The van der Waals surface area contributed by atoms with Crippen LogP contribution in [0.15, 0.2) is 79.1 Å². The fourth-order valence-electron chi connectivity index (χ4n) is 4.82. The van der Waals surface area contributed by atoms with Crippen molar-refractivity contribution in [1.29, 1.82) is 0 Å². The number of fused-ring (bicyclic) bond motifs is 1. The quantitative estimate of drug-likeness (QED) is 0.300. The van der Waals surface area contributed by atoms with Gasteiger partial charge < -0.3 is 20.1 Å². The monoisotopic (exact) mass is 539 g/mol. The van der Waals surface area contributed by atoms with Crippen LogP contribution in [-0.4, -0.2) is 75.2 Å². The lowest BCUT2D eigenvalue weighted by Crippen LogP contribution is -2.45. The van der Waals surface area contributed by atoms with Crippen LogP contribution >= 0.6 is 11.6 Å². The molecule has 0 spiro atoms. The minimum absolute atomic E-state index is 0.162. The molecule has 1 saturated heterocycles. The third-order valence-corrected chi connectivity index (χ3v) is 7.54. The summed E-state index contributed by atoms with van der Waals surface area (Å²) >= 11 is 6.31. The number of benzene rings is 3. The molecule has 0 aliphatic carbocycles. The average Bonchev–Trinajstić information content (AvgIpc) is 3.61. The van der Waals surface area contributed by atoms with E-state index in [0.29, 0.717) is 16.4 Å². The van der Waals surface area contributed by atoms with Crippen molar-refractivity contribution in [1.82, 2.24) is 29.5 Å². The van der Waals surface area contributed by atoms with Crippen molar-refractivity contribution < 1.29 is 4.79 Å². The van der Waals surface area contributed by atoms with Crippen LogP contribution in [0.1, 0.15) is 15.9 Å². The minimum Gasteiger partial charge on any atom is -0.338 e. The standard InChI is InChI=1S/C30H30ClN7O/c1-36-14-16-37(17-15-36)13-12-21-6-9-24(10-7-21)33-30(39)22-8-11-26-27(18-22)35-29(34-26)23-19-32-38(20-23)28-5-3-2-4-25(28)31/h2-11,18-20H,12-17H2,1H3,(H,33,39)(H,34,35). The fraction of sp³-hybridized carbons (Fsp3) is 0.233. The van der Waals surface area contributed by atoms with Crippen LogP contribution < -0.4 is 5.32 Å². The lowest BCUT2D eigenvalue weighted by molar-refractivity contribution is 0.102. The number of nitrogens with one attached hydrogen (secondary N) is 2. The number of aromatic amines is 1. The number of imidazole rings is 1. The number of aromatic nitrogens is 4. The van der Waals surface area contributed by atoms with Crippen LogP contribution in [0.5, 0.6) is 0 Å². The highest BCUT2D eigenvalue weighted by atomic mass is 35.5. The van der Waals surface area contributed by atoms with Crippen molar-refractivity contribution in [2.24, 2.45) is 0 Å². The number of carbonyl (C=O) groups excluding carboxylic acids is 1. The first-order chi connectivity index (χ1) is 19.0. The molecule has 8 nitrogen and oxygen atoms in total. The minimum atomic E-state index is -0.162. The Kier molecular flexibility index (Phi) is 7.15. The zero-order valence-electron chi connectivity index (χ0n) is 21.8. The van der Waals surface area contributed by atoms with Crippen LogP contribution in [0, 0.1) is 0 Å². The molecule has 6 rings (SSSR count). The van der Waals surface area contributed by atoms with E-state index in [1.165, 1.54) is 5.56 Å². The van der Waals surface area contributed by atoms with Crippen LogP contribution in [0.3, 0.4) is 0 Å². The van der Waals surface area contributed by atoms with Crippen LogP contribution in [0.4, 0.5) is 5.69 Å². The van der Waals surface area contributed by atoms with E-state index >= 15 is 0 Å². The highest BCUT2D eigenvalue weighted by Crippen LogP contribution is 2.25. The molecule has 1 amide bonds. The number of rotatable bonds is 7. The van der Waals surface area contributed by atoms with E-state index in [1.54, 1.807) is 16.9 Å². The maximum Gasteiger partial charge on any atom is 0.255 e. The summed E-state index contributed by atoms with van der Waals surface area (Å²) in [6.45, 7) is 5.57. The molecular weight excluding hydrogens is 510 g/mol. The van der Waals surface area contributed by atoms with Gasteiger partial charge in [-0.2, -0.15) is 5.10 Å². The molecule has 39 heavy (non-hydrogen) atoms. The van der Waals surface area contributed by atoms with E-state index in [4.69, 9.17) is 11.6 Å². The van der Waals surface area contributed by atoms with Gasteiger partial charge in [-0.1, -0.05) is 35.9 Å². The summed E-state index contributed by atoms with van der Waals surface area (Å²) in [5, 5.41) is 8.06. The summed E-state index contributed by atoms with van der Waals surface area (Å²) in [5.41, 5.74) is 5.79. The summed E-state index contributed by atoms with van der Waals surface area (Å²) in [7, 11) is 2.18. The summed E-state index contributed by atoms with van der Waals surface area (Å²) in [4.78, 5) is 25.9. The Hall–Kier alpha value is -3.98. The molecule has 0 unspecified atom stereocenters. The molecule has 2 N–H and O–H groups in total. The predicted octanol–water partition coefficient (Wildman–Crippen LogP) is 5.11. The number of hydrogen-bond acceptors (Lipinski definition) is 5. The van der Waals surface area contributed by atoms with E-state index in [2.05, 4.69) is 49.4 Å². The SMILES string of the molecule is CN1CCN(CCc2ccc(NC(=O)c3ccc4nc(-c5cnn(-c6ccccc6Cl)c5)[nH]c4c3)cc2)CC1. The molecule has 3 heterocycles. The van der Waals surface area contributed by atoms with Crippen LogP contribution in [0.2, 0.25) is 5.02 Å². The Morgan fingerprint density at radius 2 is 1.82 bits per heavy atom. The molecule has 3 aromatic carbocycles. The Morgan fingerprint density at radius 3 is 2.62 bits per heavy atom. The second-order valence-corrected chi connectivity index (χ2v) is 10.4. The van der Waals surface area contributed by atoms with Gasteiger partial charge in [0.2, 0.25) is 0 Å². The smallest absolute Gasteiger partial charge is 0.255 e. The number of amides is 1. The topological polar surface area (TPSA) is 82.1 Å². The Balaban J connectivity index is 1.10. The maximum absolute atomic E-state index is 13.0. The first-order valence-electron chi connectivity index (χ1n) is 13.1. The van der Waals surface area contributed by atoms with E-state index < -0.39 is 0 Å². The summed E-state index contributed by atoms with van der Waals surface area (Å²) in [6, 6.07) is 21.1. The molecule has 1 aliphatic rings. The lowest BCUT2D eigenvalue weighted by Gasteiger charge is -2.32. The highest BCUT2D eigenvalue weighted by molar-refractivity contribution is 6.32. The maximum atomic E-state index is 13.0. The number of halogens is 1.